The van der Waals surface area contributed by atoms with E-state index < -0.39 is 39.9 Å². The summed E-state index contributed by atoms with van der Waals surface area (Å²) in [5.74, 6) is -2.43. The number of carbonyl (C=O) groups excluding carboxylic acids is 2. The quantitative estimate of drug-likeness (QED) is 0.854. The highest BCUT2D eigenvalue weighted by molar-refractivity contribution is 6.03. The van der Waals surface area contributed by atoms with E-state index in [1.54, 1.807) is 20.8 Å². The molecule has 1 aliphatic carbocycles. The highest BCUT2D eigenvalue weighted by Crippen LogP contribution is 2.65. The second-order valence-corrected chi connectivity index (χ2v) is 6.75. The first-order chi connectivity index (χ1) is 10.1. The number of fused-ring (bicyclic) bond motifs is 2. The molecule has 2 bridgehead atoms. The minimum Gasteiger partial charge on any atom is -0.448 e. The van der Waals surface area contributed by atoms with Crippen molar-refractivity contribution in [2.75, 3.05) is 5.32 Å². The minimum absolute atomic E-state index is 0.258. The Morgan fingerprint density at radius 2 is 1.91 bits per heavy atom. The Morgan fingerprint density at radius 3 is 2.45 bits per heavy atom. The lowest BCUT2D eigenvalue weighted by Crippen LogP contribution is -2.50. The SMILES string of the molecule is CC1(C)[C@@]2(C)CC[C@]1(C(=O)Nc1cc(F)ccc1F)OC2=O. The first kappa shape index (κ1) is 14.9. The van der Waals surface area contributed by atoms with Gasteiger partial charge in [0.2, 0.25) is 0 Å². The Kier molecular flexibility index (Phi) is 2.90. The smallest absolute Gasteiger partial charge is 0.313 e. The molecule has 1 amide bonds. The van der Waals surface area contributed by atoms with Crippen LogP contribution in [0, 0.1) is 22.5 Å². The van der Waals surface area contributed by atoms with Gasteiger partial charge in [-0.25, -0.2) is 8.78 Å². The van der Waals surface area contributed by atoms with E-state index in [4.69, 9.17) is 4.74 Å². The summed E-state index contributed by atoms with van der Waals surface area (Å²) in [6, 6.07) is 2.81. The zero-order valence-electron chi connectivity index (χ0n) is 12.6. The molecule has 0 aromatic heterocycles. The summed E-state index contributed by atoms with van der Waals surface area (Å²) >= 11 is 0. The van der Waals surface area contributed by atoms with Crippen LogP contribution in [0.25, 0.3) is 0 Å². The van der Waals surface area contributed by atoms with Crippen molar-refractivity contribution in [3.05, 3.63) is 29.8 Å². The molecule has 6 heteroatoms. The summed E-state index contributed by atoms with van der Waals surface area (Å²) in [5, 5.41) is 2.37. The third-order valence-electron chi connectivity index (χ3n) is 5.63. The van der Waals surface area contributed by atoms with Crippen LogP contribution in [0.5, 0.6) is 0 Å². The summed E-state index contributed by atoms with van der Waals surface area (Å²) in [6.07, 6.45) is 0.892. The van der Waals surface area contributed by atoms with Crippen LogP contribution >= 0.6 is 0 Å². The molecule has 2 aliphatic rings. The largest absolute Gasteiger partial charge is 0.448 e. The van der Waals surface area contributed by atoms with E-state index in [9.17, 15) is 18.4 Å². The highest BCUT2D eigenvalue weighted by atomic mass is 19.1. The second-order valence-electron chi connectivity index (χ2n) is 6.75. The van der Waals surface area contributed by atoms with Crippen molar-refractivity contribution in [3.63, 3.8) is 0 Å². The molecule has 118 valence electrons. The van der Waals surface area contributed by atoms with Crippen LogP contribution in [0.4, 0.5) is 14.5 Å². The monoisotopic (exact) mass is 309 g/mol. The van der Waals surface area contributed by atoms with Crippen molar-refractivity contribution in [1.82, 2.24) is 0 Å². The minimum atomic E-state index is -1.35. The molecule has 2 atom stereocenters. The van der Waals surface area contributed by atoms with Gasteiger partial charge in [-0.3, -0.25) is 9.59 Å². The topological polar surface area (TPSA) is 55.4 Å². The normalized spacial score (nSPS) is 32.0. The van der Waals surface area contributed by atoms with E-state index >= 15 is 0 Å². The fourth-order valence-corrected chi connectivity index (χ4v) is 3.56. The Labute approximate surface area is 126 Å². The van der Waals surface area contributed by atoms with Crippen LogP contribution in [-0.4, -0.2) is 17.5 Å². The first-order valence-electron chi connectivity index (χ1n) is 7.14. The first-order valence-corrected chi connectivity index (χ1v) is 7.14. The summed E-state index contributed by atoms with van der Waals surface area (Å²) < 4.78 is 32.3. The lowest BCUT2D eigenvalue weighted by atomic mass is 9.66. The maximum Gasteiger partial charge on any atom is 0.313 e. The maximum atomic E-state index is 13.7. The van der Waals surface area contributed by atoms with Gasteiger partial charge in [-0.15, -0.1) is 0 Å². The zero-order chi connectivity index (χ0) is 16.3. The number of esters is 1. The average molecular weight is 309 g/mol. The van der Waals surface area contributed by atoms with Crippen molar-refractivity contribution in [2.24, 2.45) is 10.8 Å². The van der Waals surface area contributed by atoms with Crippen LogP contribution in [0.15, 0.2) is 18.2 Å². The number of amides is 1. The molecule has 1 aliphatic heterocycles. The van der Waals surface area contributed by atoms with Crippen LogP contribution in [0.2, 0.25) is 0 Å². The van der Waals surface area contributed by atoms with Gasteiger partial charge in [0.1, 0.15) is 11.6 Å². The number of ether oxygens (including phenoxy) is 1. The number of hydrogen-bond acceptors (Lipinski definition) is 3. The van der Waals surface area contributed by atoms with Gasteiger partial charge in [0.05, 0.1) is 11.1 Å². The maximum absolute atomic E-state index is 13.7. The van der Waals surface area contributed by atoms with Crippen LogP contribution in [0.3, 0.4) is 0 Å². The van der Waals surface area contributed by atoms with Gasteiger partial charge < -0.3 is 10.1 Å². The molecule has 2 fully saturated rings. The summed E-state index contributed by atoms with van der Waals surface area (Å²) in [4.78, 5) is 24.8. The number of nitrogens with one attached hydrogen (secondary N) is 1. The Balaban J connectivity index is 1.96. The van der Waals surface area contributed by atoms with E-state index in [-0.39, 0.29) is 5.69 Å². The number of benzene rings is 1. The van der Waals surface area contributed by atoms with Gasteiger partial charge in [-0.2, -0.15) is 0 Å². The summed E-state index contributed by atoms with van der Waals surface area (Å²) in [7, 11) is 0. The number of rotatable bonds is 2. The standard InChI is InChI=1S/C16H17F2NO3/c1-14(2)15(3)6-7-16(14,22-13(15)21)12(20)19-11-8-9(17)4-5-10(11)18/h4-5,8H,6-7H2,1-3H3,(H,19,20)/t15-,16+/m0/s1. The van der Waals surface area contributed by atoms with Gasteiger partial charge >= 0.3 is 5.97 Å². The predicted octanol–water partition coefficient (Wildman–Crippen LogP) is 3.03. The fraction of sp³-hybridized carbons (Fsp3) is 0.500. The third-order valence-corrected chi connectivity index (χ3v) is 5.63. The lowest BCUT2D eigenvalue weighted by molar-refractivity contribution is -0.165. The molecule has 0 radical (unpaired) electrons. The fourth-order valence-electron chi connectivity index (χ4n) is 3.56. The molecule has 1 saturated carbocycles. The molecule has 0 unspecified atom stereocenters. The molecule has 1 N–H and O–H groups in total. The number of carbonyl (C=O) groups is 2. The van der Waals surface area contributed by atoms with Crippen LogP contribution in [0.1, 0.15) is 33.6 Å². The lowest BCUT2D eigenvalue weighted by Gasteiger charge is -2.35. The molecule has 1 aromatic carbocycles. The molecule has 0 spiro atoms. The molecule has 22 heavy (non-hydrogen) atoms. The third kappa shape index (κ3) is 1.61. The van der Waals surface area contributed by atoms with E-state index in [0.29, 0.717) is 12.8 Å². The molecule has 3 rings (SSSR count). The van der Waals surface area contributed by atoms with E-state index in [1.807, 2.05) is 0 Å². The van der Waals surface area contributed by atoms with Gasteiger partial charge in [0, 0.05) is 11.5 Å². The van der Waals surface area contributed by atoms with Gasteiger partial charge in [-0.05, 0) is 31.9 Å². The van der Waals surface area contributed by atoms with Crippen molar-refractivity contribution < 1.29 is 23.1 Å². The second kappa shape index (κ2) is 4.27. The molecular weight excluding hydrogens is 292 g/mol. The summed E-state index contributed by atoms with van der Waals surface area (Å²) in [6.45, 7) is 5.37. The van der Waals surface area contributed by atoms with E-state index in [2.05, 4.69) is 5.32 Å². The van der Waals surface area contributed by atoms with Crippen LogP contribution in [-0.2, 0) is 14.3 Å². The van der Waals surface area contributed by atoms with Crippen molar-refractivity contribution in [2.45, 2.75) is 39.2 Å². The molecule has 1 saturated heterocycles. The van der Waals surface area contributed by atoms with Gasteiger partial charge in [-0.1, -0.05) is 13.8 Å². The number of anilines is 1. The van der Waals surface area contributed by atoms with Gasteiger partial charge in [0.15, 0.2) is 5.60 Å². The Morgan fingerprint density at radius 1 is 1.23 bits per heavy atom. The van der Waals surface area contributed by atoms with Crippen molar-refractivity contribution in [3.8, 4) is 0 Å². The zero-order valence-corrected chi connectivity index (χ0v) is 12.6. The predicted molar refractivity (Wildman–Crippen MR) is 74.9 cm³/mol. The number of halogens is 2. The van der Waals surface area contributed by atoms with Gasteiger partial charge in [0.25, 0.3) is 5.91 Å². The molecule has 1 heterocycles. The van der Waals surface area contributed by atoms with Crippen LogP contribution < -0.4 is 5.32 Å². The van der Waals surface area contributed by atoms with E-state index in [1.165, 1.54) is 0 Å². The van der Waals surface area contributed by atoms with Crippen molar-refractivity contribution >= 4 is 17.6 Å². The Hall–Kier alpha value is -1.98. The summed E-state index contributed by atoms with van der Waals surface area (Å²) in [5.41, 5.74) is -3.08. The molecule has 4 nitrogen and oxygen atoms in total. The highest BCUT2D eigenvalue weighted by Gasteiger charge is 2.75. The van der Waals surface area contributed by atoms with Crippen molar-refractivity contribution in [1.29, 1.82) is 0 Å². The molecular formula is C16H17F2NO3. The number of hydrogen-bond donors (Lipinski definition) is 1. The average Bonchev–Trinajstić information content (AvgIpc) is 2.73. The molecule has 1 aromatic rings. The van der Waals surface area contributed by atoms with E-state index in [0.717, 1.165) is 18.2 Å². The Bertz CT molecular complexity index is 688.